The lowest BCUT2D eigenvalue weighted by Crippen LogP contribution is -2.14. The number of hydrogen-bond donors (Lipinski definition) is 1. The van der Waals surface area contributed by atoms with E-state index in [2.05, 4.69) is 39.7 Å². The quantitative estimate of drug-likeness (QED) is 0.901. The molecule has 3 nitrogen and oxygen atoms in total. The van der Waals surface area contributed by atoms with Gasteiger partial charge in [-0.2, -0.15) is 0 Å². The summed E-state index contributed by atoms with van der Waals surface area (Å²) in [7, 11) is 0. The van der Waals surface area contributed by atoms with Gasteiger partial charge in [0.05, 0.1) is 16.3 Å². The molecule has 1 atom stereocenters. The highest BCUT2D eigenvalue weighted by atomic mass is 79.9. The fourth-order valence-corrected chi connectivity index (χ4v) is 1.72. The molecule has 0 amide bonds. The van der Waals surface area contributed by atoms with Gasteiger partial charge >= 0.3 is 0 Å². The summed E-state index contributed by atoms with van der Waals surface area (Å²) in [5, 5.41) is 9.72. The molecule has 14 heavy (non-hydrogen) atoms. The van der Waals surface area contributed by atoms with Gasteiger partial charge in [-0.1, -0.05) is 13.8 Å². The Morgan fingerprint density at radius 1 is 1.50 bits per heavy atom. The van der Waals surface area contributed by atoms with Crippen LogP contribution in [0.15, 0.2) is 17.0 Å². The molecule has 4 heteroatoms. The Kier molecular flexibility index (Phi) is 4.48. The molecular formula is C10H15BrN2O. The van der Waals surface area contributed by atoms with Crippen LogP contribution in [0, 0.1) is 5.92 Å². The lowest BCUT2D eigenvalue weighted by atomic mass is 10.0. The molecular weight excluding hydrogens is 244 g/mol. The van der Waals surface area contributed by atoms with E-state index in [1.54, 1.807) is 6.20 Å². The lowest BCUT2D eigenvalue weighted by Gasteiger charge is -2.12. The predicted molar refractivity (Wildman–Crippen MR) is 58.9 cm³/mol. The summed E-state index contributed by atoms with van der Waals surface area (Å²) >= 11 is 3.35. The molecule has 0 saturated heterocycles. The first-order valence-corrected chi connectivity index (χ1v) is 5.51. The second kappa shape index (κ2) is 5.41. The first-order valence-electron chi connectivity index (χ1n) is 4.72. The fourth-order valence-electron chi connectivity index (χ4n) is 1.34. The van der Waals surface area contributed by atoms with E-state index in [1.807, 2.05) is 0 Å². The molecule has 0 aliphatic carbocycles. The van der Waals surface area contributed by atoms with Crippen molar-refractivity contribution in [3.63, 3.8) is 0 Å². The van der Waals surface area contributed by atoms with Crippen molar-refractivity contribution < 1.29 is 5.11 Å². The van der Waals surface area contributed by atoms with Gasteiger partial charge in [-0.25, -0.2) is 9.97 Å². The third-order valence-electron chi connectivity index (χ3n) is 1.92. The minimum atomic E-state index is -0.318. The van der Waals surface area contributed by atoms with Gasteiger partial charge in [0.1, 0.15) is 6.33 Å². The summed E-state index contributed by atoms with van der Waals surface area (Å²) in [5.74, 6) is 0.505. The van der Waals surface area contributed by atoms with Crippen LogP contribution in [-0.2, 0) is 6.42 Å². The van der Waals surface area contributed by atoms with Gasteiger partial charge in [0.15, 0.2) is 0 Å². The van der Waals surface area contributed by atoms with Gasteiger partial charge < -0.3 is 5.11 Å². The predicted octanol–water partition coefficient (Wildman–Crippen LogP) is 2.19. The number of aliphatic hydroxyl groups is 1. The number of nitrogens with zero attached hydrogens (tertiary/aromatic N) is 2. The van der Waals surface area contributed by atoms with E-state index in [1.165, 1.54) is 6.33 Å². The third kappa shape index (κ3) is 3.72. The van der Waals surface area contributed by atoms with Crippen molar-refractivity contribution in [2.45, 2.75) is 32.8 Å². The second-order valence-corrected chi connectivity index (χ2v) is 4.66. The maximum Gasteiger partial charge on any atom is 0.115 e. The van der Waals surface area contributed by atoms with Crippen molar-refractivity contribution in [1.29, 1.82) is 0 Å². The first kappa shape index (κ1) is 11.6. The molecule has 0 aliphatic rings. The van der Waals surface area contributed by atoms with E-state index in [9.17, 15) is 5.11 Å². The Bertz CT molecular complexity index is 291. The largest absolute Gasteiger partial charge is 0.393 e. The molecule has 1 heterocycles. The number of hydrogen-bond acceptors (Lipinski definition) is 3. The second-order valence-electron chi connectivity index (χ2n) is 3.80. The normalized spacial score (nSPS) is 13.2. The van der Waals surface area contributed by atoms with Gasteiger partial charge in [0.25, 0.3) is 0 Å². The summed E-state index contributed by atoms with van der Waals surface area (Å²) in [6.07, 6.45) is 4.27. The third-order valence-corrected chi connectivity index (χ3v) is 2.58. The standard InChI is InChI=1S/C10H15BrN2O/c1-7(2)3-8(14)4-10-9(11)5-12-6-13-10/h5-8,14H,3-4H2,1-2H3. The van der Waals surface area contributed by atoms with Crippen molar-refractivity contribution in [3.05, 3.63) is 22.7 Å². The van der Waals surface area contributed by atoms with Crippen molar-refractivity contribution in [2.24, 2.45) is 5.92 Å². The smallest absolute Gasteiger partial charge is 0.115 e. The Labute approximate surface area is 92.7 Å². The van der Waals surface area contributed by atoms with Crippen LogP contribution >= 0.6 is 15.9 Å². The van der Waals surface area contributed by atoms with Crippen LogP contribution in [0.4, 0.5) is 0 Å². The average Bonchev–Trinajstić information content (AvgIpc) is 2.07. The molecule has 0 fully saturated rings. The Morgan fingerprint density at radius 3 is 2.79 bits per heavy atom. The van der Waals surface area contributed by atoms with Gasteiger partial charge in [-0.05, 0) is 28.3 Å². The van der Waals surface area contributed by atoms with Crippen LogP contribution < -0.4 is 0 Å². The fraction of sp³-hybridized carbons (Fsp3) is 0.600. The number of aromatic nitrogens is 2. The highest BCUT2D eigenvalue weighted by Gasteiger charge is 2.10. The van der Waals surface area contributed by atoms with Crippen molar-refractivity contribution in [3.8, 4) is 0 Å². The Balaban J connectivity index is 2.56. The maximum absolute atomic E-state index is 9.72. The molecule has 0 radical (unpaired) electrons. The number of aliphatic hydroxyl groups excluding tert-OH is 1. The van der Waals surface area contributed by atoms with Crippen molar-refractivity contribution >= 4 is 15.9 Å². The molecule has 1 rings (SSSR count). The summed E-state index contributed by atoms with van der Waals surface area (Å²) in [6.45, 7) is 4.19. The van der Waals surface area contributed by atoms with Crippen LogP contribution in [0.2, 0.25) is 0 Å². The van der Waals surface area contributed by atoms with Crippen LogP contribution in [0.25, 0.3) is 0 Å². The summed E-state index contributed by atoms with van der Waals surface area (Å²) in [4.78, 5) is 7.98. The molecule has 1 N–H and O–H groups in total. The van der Waals surface area contributed by atoms with Gasteiger partial charge in [-0.3, -0.25) is 0 Å². The zero-order chi connectivity index (χ0) is 10.6. The summed E-state index contributed by atoms with van der Waals surface area (Å²) in [6, 6.07) is 0. The highest BCUT2D eigenvalue weighted by Crippen LogP contribution is 2.16. The zero-order valence-corrected chi connectivity index (χ0v) is 10.0. The van der Waals surface area contributed by atoms with E-state index < -0.39 is 0 Å². The van der Waals surface area contributed by atoms with Crippen molar-refractivity contribution in [1.82, 2.24) is 9.97 Å². The number of halogens is 1. The minimum Gasteiger partial charge on any atom is -0.393 e. The Morgan fingerprint density at radius 2 is 2.21 bits per heavy atom. The minimum absolute atomic E-state index is 0.318. The first-order chi connectivity index (χ1) is 6.59. The van der Waals surface area contributed by atoms with Gasteiger partial charge in [0, 0.05) is 12.6 Å². The lowest BCUT2D eigenvalue weighted by molar-refractivity contribution is 0.148. The molecule has 0 aromatic carbocycles. The summed E-state index contributed by atoms with van der Waals surface area (Å²) < 4.78 is 0.864. The SMILES string of the molecule is CC(C)CC(O)Cc1ncncc1Br. The van der Waals surface area contributed by atoms with Crippen molar-refractivity contribution in [2.75, 3.05) is 0 Å². The molecule has 0 aliphatic heterocycles. The maximum atomic E-state index is 9.72. The molecule has 1 aromatic rings. The van der Waals surface area contributed by atoms with Crippen LogP contribution in [-0.4, -0.2) is 21.2 Å². The zero-order valence-electron chi connectivity index (χ0n) is 8.44. The highest BCUT2D eigenvalue weighted by molar-refractivity contribution is 9.10. The van der Waals surface area contributed by atoms with E-state index in [0.29, 0.717) is 12.3 Å². The van der Waals surface area contributed by atoms with Gasteiger partial charge in [-0.15, -0.1) is 0 Å². The molecule has 0 saturated carbocycles. The number of rotatable bonds is 4. The van der Waals surface area contributed by atoms with E-state index in [-0.39, 0.29) is 6.10 Å². The molecule has 1 unspecified atom stereocenters. The van der Waals surface area contributed by atoms with Crippen LogP contribution in [0.3, 0.4) is 0 Å². The Hall–Kier alpha value is -0.480. The van der Waals surface area contributed by atoms with Gasteiger partial charge in [0.2, 0.25) is 0 Å². The summed E-state index contributed by atoms with van der Waals surface area (Å²) in [5.41, 5.74) is 0.869. The van der Waals surface area contributed by atoms with Crippen LogP contribution in [0.1, 0.15) is 26.0 Å². The topological polar surface area (TPSA) is 46.0 Å². The van der Waals surface area contributed by atoms with E-state index in [0.717, 1.165) is 16.6 Å². The molecule has 0 spiro atoms. The monoisotopic (exact) mass is 258 g/mol. The average molecular weight is 259 g/mol. The molecule has 78 valence electrons. The molecule has 1 aromatic heterocycles. The van der Waals surface area contributed by atoms with E-state index in [4.69, 9.17) is 0 Å². The van der Waals surface area contributed by atoms with E-state index >= 15 is 0 Å². The van der Waals surface area contributed by atoms with Crippen LogP contribution in [0.5, 0.6) is 0 Å². The molecule has 0 bridgehead atoms.